The standard InChI is InChI=1S/C19H15N3O/c1-12-3-8-18-16(9-12)10-17(11-20-18)14-4-6-15(7-5-14)19-22-21-13(2)23-19/h3-11H,1-2H3. The van der Waals surface area contributed by atoms with Crippen molar-refractivity contribution in [1.29, 1.82) is 0 Å². The number of hydrogen-bond acceptors (Lipinski definition) is 4. The molecular formula is C19H15N3O. The average Bonchev–Trinajstić information content (AvgIpc) is 3.01. The molecule has 2 aromatic heterocycles. The number of rotatable bonds is 2. The second kappa shape index (κ2) is 5.32. The Morgan fingerprint density at radius 2 is 1.57 bits per heavy atom. The topological polar surface area (TPSA) is 51.8 Å². The number of hydrogen-bond donors (Lipinski definition) is 0. The van der Waals surface area contributed by atoms with E-state index in [1.807, 2.05) is 30.5 Å². The largest absolute Gasteiger partial charge is 0.421 e. The Labute approximate surface area is 133 Å². The smallest absolute Gasteiger partial charge is 0.247 e. The Hall–Kier alpha value is -3.01. The first-order valence-corrected chi connectivity index (χ1v) is 7.46. The lowest BCUT2D eigenvalue weighted by Crippen LogP contribution is -1.85. The molecule has 0 radical (unpaired) electrons. The van der Waals surface area contributed by atoms with Gasteiger partial charge in [-0.05, 0) is 42.8 Å². The molecule has 4 nitrogen and oxygen atoms in total. The third-order valence-electron chi connectivity index (χ3n) is 3.83. The first kappa shape index (κ1) is 13.6. The summed E-state index contributed by atoms with van der Waals surface area (Å²) in [4.78, 5) is 4.54. The fourth-order valence-corrected chi connectivity index (χ4v) is 2.63. The molecule has 0 unspecified atom stereocenters. The number of nitrogens with zero attached hydrogens (tertiary/aromatic N) is 3. The highest BCUT2D eigenvalue weighted by Crippen LogP contribution is 2.26. The molecule has 23 heavy (non-hydrogen) atoms. The van der Waals surface area contributed by atoms with E-state index in [-0.39, 0.29) is 0 Å². The fraction of sp³-hybridized carbons (Fsp3) is 0.105. The maximum atomic E-state index is 5.45. The summed E-state index contributed by atoms with van der Waals surface area (Å²) in [5.41, 5.74) is 5.37. The SMILES string of the molecule is Cc1ccc2ncc(-c3ccc(-c4nnc(C)o4)cc3)cc2c1. The van der Waals surface area contributed by atoms with Crippen LogP contribution < -0.4 is 0 Å². The molecule has 0 aliphatic carbocycles. The molecule has 0 fully saturated rings. The van der Waals surface area contributed by atoms with Crippen LogP contribution in [0.3, 0.4) is 0 Å². The summed E-state index contributed by atoms with van der Waals surface area (Å²) < 4.78 is 5.45. The van der Waals surface area contributed by atoms with Gasteiger partial charge in [-0.15, -0.1) is 10.2 Å². The molecule has 0 amide bonds. The summed E-state index contributed by atoms with van der Waals surface area (Å²) >= 11 is 0. The van der Waals surface area contributed by atoms with Crippen LogP contribution in [0.2, 0.25) is 0 Å². The zero-order chi connectivity index (χ0) is 15.8. The van der Waals surface area contributed by atoms with Crippen molar-refractivity contribution in [2.75, 3.05) is 0 Å². The summed E-state index contributed by atoms with van der Waals surface area (Å²) in [6.45, 7) is 3.88. The van der Waals surface area contributed by atoms with Crippen LogP contribution in [0, 0.1) is 13.8 Å². The number of pyridine rings is 1. The zero-order valence-corrected chi connectivity index (χ0v) is 12.9. The summed E-state index contributed by atoms with van der Waals surface area (Å²) in [6, 6.07) is 16.5. The van der Waals surface area contributed by atoms with Gasteiger partial charge in [0.2, 0.25) is 11.8 Å². The minimum absolute atomic E-state index is 0.543. The van der Waals surface area contributed by atoms with Crippen LogP contribution in [0.15, 0.2) is 59.1 Å². The molecule has 4 aromatic rings. The summed E-state index contributed by atoms with van der Waals surface area (Å²) in [5, 5.41) is 9.05. The second-order valence-corrected chi connectivity index (χ2v) is 5.62. The van der Waals surface area contributed by atoms with E-state index in [9.17, 15) is 0 Å². The molecule has 4 heteroatoms. The predicted octanol–water partition coefficient (Wildman–Crippen LogP) is 4.57. The fourth-order valence-electron chi connectivity index (χ4n) is 2.63. The predicted molar refractivity (Wildman–Crippen MR) is 89.9 cm³/mol. The van der Waals surface area contributed by atoms with Gasteiger partial charge in [0.1, 0.15) is 0 Å². The van der Waals surface area contributed by atoms with Gasteiger partial charge in [-0.3, -0.25) is 4.98 Å². The molecule has 4 rings (SSSR count). The van der Waals surface area contributed by atoms with Crippen LogP contribution >= 0.6 is 0 Å². The first-order chi connectivity index (χ1) is 11.2. The second-order valence-electron chi connectivity index (χ2n) is 5.62. The Morgan fingerprint density at radius 3 is 2.30 bits per heavy atom. The van der Waals surface area contributed by atoms with Crippen molar-refractivity contribution in [3.8, 4) is 22.6 Å². The van der Waals surface area contributed by atoms with E-state index in [0.717, 1.165) is 27.6 Å². The van der Waals surface area contributed by atoms with Crippen molar-refractivity contribution in [3.63, 3.8) is 0 Å². The Bertz CT molecular complexity index is 987. The Kier molecular flexibility index (Phi) is 3.15. The molecule has 0 aliphatic heterocycles. The Morgan fingerprint density at radius 1 is 0.783 bits per heavy atom. The highest BCUT2D eigenvalue weighted by Gasteiger charge is 2.07. The third-order valence-corrected chi connectivity index (χ3v) is 3.83. The Balaban J connectivity index is 1.72. The lowest BCUT2D eigenvalue weighted by Gasteiger charge is -2.05. The summed E-state index contributed by atoms with van der Waals surface area (Å²) in [7, 11) is 0. The highest BCUT2D eigenvalue weighted by atomic mass is 16.4. The van der Waals surface area contributed by atoms with Crippen molar-refractivity contribution >= 4 is 10.9 Å². The van der Waals surface area contributed by atoms with Crippen LogP contribution in [0.4, 0.5) is 0 Å². The molecule has 0 aliphatic rings. The van der Waals surface area contributed by atoms with Crippen LogP contribution in [0.25, 0.3) is 33.5 Å². The maximum absolute atomic E-state index is 5.45. The minimum atomic E-state index is 0.543. The van der Waals surface area contributed by atoms with E-state index in [4.69, 9.17) is 4.42 Å². The van der Waals surface area contributed by atoms with E-state index >= 15 is 0 Å². The molecule has 2 aromatic carbocycles. The average molecular weight is 301 g/mol. The molecule has 0 atom stereocenters. The molecule has 112 valence electrons. The summed E-state index contributed by atoms with van der Waals surface area (Å²) in [5.74, 6) is 1.11. The molecule has 0 saturated carbocycles. The van der Waals surface area contributed by atoms with Crippen molar-refractivity contribution in [3.05, 3.63) is 66.2 Å². The van der Waals surface area contributed by atoms with Gasteiger partial charge in [0.25, 0.3) is 0 Å². The highest BCUT2D eigenvalue weighted by molar-refractivity contribution is 5.84. The molecule has 2 heterocycles. The van der Waals surface area contributed by atoms with Crippen LogP contribution in [-0.4, -0.2) is 15.2 Å². The van der Waals surface area contributed by atoms with Gasteiger partial charge in [0.05, 0.1) is 5.52 Å². The van der Waals surface area contributed by atoms with Gasteiger partial charge in [-0.2, -0.15) is 0 Å². The molecule has 0 saturated heterocycles. The lowest BCUT2D eigenvalue weighted by molar-refractivity contribution is 0.533. The van der Waals surface area contributed by atoms with Crippen LogP contribution in [0.1, 0.15) is 11.5 Å². The number of benzene rings is 2. The molecular weight excluding hydrogens is 286 g/mol. The van der Waals surface area contributed by atoms with Gasteiger partial charge in [-0.25, -0.2) is 0 Å². The van der Waals surface area contributed by atoms with Crippen molar-refractivity contribution in [1.82, 2.24) is 15.2 Å². The maximum Gasteiger partial charge on any atom is 0.247 e. The van der Waals surface area contributed by atoms with E-state index in [1.165, 1.54) is 5.56 Å². The number of aromatic nitrogens is 3. The van der Waals surface area contributed by atoms with Gasteiger partial charge in [-0.1, -0.05) is 23.8 Å². The van der Waals surface area contributed by atoms with E-state index in [2.05, 4.69) is 46.4 Å². The minimum Gasteiger partial charge on any atom is -0.421 e. The van der Waals surface area contributed by atoms with Crippen LogP contribution in [-0.2, 0) is 0 Å². The first-order valence-electron chi connectivity index (χ1n) is 7.46. The lowest BCUT2D eigenvalue weighted by atomic mass is 10.0. The molecule has 0 bridgehead atoms. The normalized spacial score (nSPS) is 11.0. The number of fused-ring (bicyclic) bond motifs is 1. The monoisotopic (exact) mass is 301 g/mol. The quantitative estimate of drug-likeness (QED) is 0.544. The van der Waals surface area contributed by atoms with Crippen molar-refractivity contribution in [2.24, 2.45) is 0 Å². The molecule has 0 N–H and O–H groups in total. The van der Waals surface area contributed by atoms with Gasteiger partial charge in [0.15, 0.2) is 0 Å². The van der Waals surface area contributed by atoms with E-state index in [0.29, 0.717) is 11.8 Å². The van der Waals surface area contributed by atoms with Crippen molar-refractivity contribution in [2.45, 2.75) is 13.8 Å². The van der Waals surface area contributed by atoms with Crippen molar-refractivity contribution < 1.29 is 4.42 Å². The summed E-state index contributed by atoms with van der Waals surface area (Å²) in [6.07, 6.45) is 1.91. The molecule has 0 spiro atoms. The number of aryl methyl sites for hydroxylation is 2. The zero-order valence-electron chi connectivity index (χ0n) is 12.9. The van der Waals surface area contributed by atoms with Crippen LogP contribution in [0.5, 0.6) is 0 Å². The van der Waals surface area contributed by atoms with Gasteiger partial charge >= 0.3 is 0 Å². The third kappa shape index (κ3) is 2.59. The van der Waals surface area contributed by atoms with E-state index in [1.54, 1.807) is 6.92 Å². The van der Waals surface area contributed by atoms with E-state index < -0.39 is 0 Å². The van der Waals surface area contributed by atoms with Gasteiger partial charge in [0, 0.05) is 29.6 Å². The van der Waals surface area contributed by atoms with Gasteiger partial charge < -0.3 is 4.42 Å².